The normalized spacial score (nSPS) is 13.0. The molecule has 0 amide bonds. The maximum atomic E-state index is 12.2. The van der Waals surface area contributed by atoms with E-state index in [4.69, 9.17) is 14.2 Å². The molecule has 1 N–H and O–H groups in total. The molecular weight excluding hydrogens is 296 g/mol. The van der Waals surface area contributed by atoms with Gasteiger partial charge in [-0.2, -0.15) is 0 Å². The van der Waals surface area contributed by atoms with Gasteiger partial charge in [0.05, 0.1) is 27.4 Å². The number of benzene rings is 2. The molecule has 0 aliphatic carbocycles. The van der Waals surface area contributed by atoms with Crippen molar-refractivity contribution in [1.82, 2.24) is 0 Å². The zero-order chi connectivity index (χ0) is 16.8. The quantitative estimate of drug-likeness (QED) is 0.830. The number of aliphatic hydroxyl groups excluding tert-OH is 1. The van der Waals surface area contributed by atoms with Gasteiger partial charge in [-0.3, -0.25) is 4.79 Å². The highest BCUT2D eigenvalue weighted by Gasteiger charge is 2.31. The van der Waals surface area contributed by atoms with Crippen molar-refractivity contribution in [3.63, 3.8) is 0 Å². The van der Waals surface area contributed by atoms with Crippen molar-refractivity contribution in [2.75, 3.05) is 21.3 Å². The van der Waals surface area contributed by atoms with Crippen molar-refractivity contribution in [2.45, 2.75) is 12.0 Å². The Morgan fingerprint density at radius 1 is 0.913 bits per heavy atom. The number of carbonyl (C=O) groups excluding carboxylic acids is 1. The number of rotatable bonds is 6. The van der Waals surface area contributed by atoms with Crippen molar-refractivity contribution in [3.05, 3.63) is 59.7 Å². The summed E-state index contributed by atoms with van der Waals surface area (Å²) in [5, 5.41) is 10.7. The first-order valence-corrected chi connectivity index (χ1v) is 7.14. The lowest BCUT2D eigenvalue weighted by Crippen LogP contribution is -2.21. The van der Waals surface area contributed by atoms with Crippen LogP contribution < -0.4 is 9.47 Å². The molecule has 0 aliphatic heterocycles. The summed E-state index contributed by atoms with van der Waals surface area (Å²) in [5.41, 5.74) is 1.23. The molecule has 5 heteroatoms. The van der Waals surface area contributed by atoms with E-state index in [0.717, 1.165) is 0 Å². The number of aliphatic hydroxyl groups is 1. The second-order valence-electron chi connectivity index (χ2n) is 5.00. The predicted octanol–water partition coefficient (Wildman–Crippen LogP) is 2.69. The van der Waals surface area contributed by atoms with Crippen molar-refractivity contribution < 1.29 is 24.1 Å². The molecule has 5 nitrogen and oxygen atoms in total. The molecule has 0 spiro atoms. The van der Waals surface area contributed by atoms with E-state index < -0.39 is 18.0 Å². The summed E-state index contributed by atoms with van der Waals surface area (Å²) in [6.45, 7) is 0. The fourth-order valence-electron chi connectivity index (χ4n) is 2.40. The fraction of sp³-hybridized carbons (Fsp3) is 0.278. The Hall–Kier alpha value is -2.53. The molecule has 2 atom stereocenters. The van der Waals surface area contributed by atoms with Gasteiger partial charge in [-0.25, -0.2) is 0 Å². The monoisotopic (exact) mass is 316 g/mol. The predicted molar refractivity (Wildman–Crippen MR) is 85.7 cm³/mol. The average molecular weight is 316 g/mol. The summed E-state index contributed by atoms with van der Waals surface area (Å²) in [4.78, 5) is 12.2. The molecule has 0 heterocycles. The van der Waals surface area contributed by atoms with Crippen LogP contribution in [0, 0.1) is 0 Å². The van der Waals surface area contributed by atoms with Crippen LogP contribution in [0.5, 0.6) is 11.5 Å². The van der Waals surface area contributed by atoms with Gasteiger partial charge in [0.15, 0.2) is 0 Å². The van der Waals surface area contributed by atoms with E-state index in [-0.39, 0.29) is 0 Å². The van der Waals surface area contributed by atoms with Crippen LogP contribution in [-0.2, 0) is 9.53 Å². The van der Waals surface area contributed by atoms with E-state index in [1.54, 1.807) is 62.8 Å². The Kier molecular flexibility index (Phi) is 5.60. The Bertz CT molecular complexity index is 651. The first kappa shape index (κ1) is 16.8. The van der Waals surface area contributed by atoms with E-state index in [9.17, 15) is 9.90 Å². The highest BCUT2D eigenvalue weighted by molar-refractivity contribution is 5.79. The van der Waals surface area contributed by atoms with Gasteiger partial charge in [-0.15, -0.1) is 0 Å². The van der Waals surface area contributed by atoms with Crippen molar-refractivity contribution >= 4 is 5.97 Å². The number of esters is 1. The van der Waals surface area contributed by atoms with Crippen LogP contribution in [0.15, 0.2) is 48.5 Å². The summed E-state index contributed by atoms with van der Waals surface area (Å²) in [5.74, 6) is -0.0691. The highest BCUT2D eigenvalue weighted by atomic mass is 16.5. The second kappa shape index (κ2) is 7.65. The lowest BCUT2D eigenvalue weighted by molar-refractivity contribution is -0.145. The first-order chi connectivity index (χ1) is 11.1. The third-order valence-corrected chi connectivity index (χ3v) is 3.68. The summed E-state index contributed by atoms with van der Waals surface area (Å²) < 4.78 is 15.2. The van der Waals surface area contributed by atoms with Gasteiger partial charge in [-0.1, -0.05) is 24.3 Å². The largest absolute Gasteiger partial charge is 0.497 e. The SMILES string of the molecule is COC(=O)[C@@H](c1cccc(OC)c1)[C@H](O)c1ccc(OC)cc1. The minimum atomic E-state index is -1.04. The Balaban J connectivity index is 2.38. The van der Waals surface area contributed by atoms with Crippen LogP contribution in [0.1, 0.15) is 23.1 Å². The fourth-order valence-corrected chi connectivity index (χ4v) is 2.40. The van der Waals surface area contributed by atoms with Gasteiger partial charge in [0.25, 0.3) is 0 Å². The molecule has 2 aromatic rings. The summed E-state index contributed by atoms with van der Waals surface area (Å²) in [6, 6.07) is 13.9. The minimum absolute atomic E-state index is 0.512. The van der Waals surface area contributed by atoms with Crippen LogP contribution in [0.2, 0.25) is 0 Å². The standard InChI is InChI=1S/C18H20O5/c1-21-14-9-7-12(8-10-14)17(19)16(18(20)23-3)13-5-4-6-15(11-13)22-2/h4-11,16-17,19H,1-3H3/t16-,17+/m0/s1. The molecule has 2 rings (SSSR count). The van der Waals surface area contributed by atoms with Crippen LogP contribution in [0.4, 0.5) is 0 Å². The van der Waals surface area contributed by atoms with Crippen LogP contribution in [-0.4, -0.2) is 32.4 Å². The molecule has 0 aliphatic rings. The topological polar surface area (TPSA) is 65.0 Å². The molecule has 0 fully saturated rings. The van der Waals surface area contributed by atoms with Crippen LogP contribution in [0.3, 0.4) is 0 Å². The van der Waals surface area contributed by atoms with Gasteiger partial charge in [-0.05, 0) is 35.4 Å². The number of methoxy groups -OCH3 is 3. The van der Waals surface area contributed by atoms with Gasteiger partial charge < -0.3 is 19.3 Å². The van der Waals surface area contributed by atoms with E-state index >= 15 is 0 Å². The molecule has 23 heavy (non-hydrogen) atoms. The lowest BCUT2D eigenvalue weighted by atomic mass is 9.89. The maximum Gasteiger partial charge on any atom is 0.316 e. The Labute approximate surface area is 135 Å². The summed E-state index contributed by atoms with van der Waals surface area (Å²) in [6.07, 6.45) is -1.04. The van der Waals surface area contributed by atoms with E-state index in [2.05, 4.69) is 0 Å². The van der Waals surface area contributed by atoms with Gasteiger partial charge in [0.1, 0.15) is 17.4 Å². The number of ether oxygens (including phenoxy) is 3. The molecule has 0 saturated carbocycles. The molecule has 0 aromatic heterocycles. The highest BCUT2D eigenvalue weighted by Crippen LogP contribution is 2.34. The second-order valence-corrected chi connectivity index (χ2v) is 5.00. The molecule has 0 radical (unpaired) electrons. The van der Waals surface area contributed by atoms with Crippen LogP contribution >= 0.6 is 0 Å². The van der Waals surface area contributed by atoms with E-state index in [1.807, 2.05) is 0 Å². The number of hydrogen-bond donors (Lipinski definition) is 1. The first-order valence-electron chi connectivity index (χ1n) is 7.14. The Morgan fingerprint density at radius 2 is 1.57 bits per heavy atom. The molecule has 0 bridgehead atoms. The summed E-state index contributed by atoms with van der Waals surface area (Å²) in [7, 11) is 4.42. The maximum absolute atomic E-state index is 12.2. The number of hydrogen-bond acceptors (Lipinski definition) is 5. The zero-order valence-corrected chi connectivity index (χ0v) is 13.4. The third kappa shape index (κ3) is 3.81. The van der Waals surface area contributed by atoms with Crippen molar-refractivity contribution in [2.24, 2.45) is 0 Å². The molecular formula is C18H20O5. The van der Waals surface area contributed by atoms with Gasteiger partial charge in [0.2, 0.25) is 0 Å². The molecule has 2 aromatic carbocycles. The van der Waals surface area contributed by atoms with Crippen LogP contribution in [0.25, 0.3) is 0 Å². The third-order valence-electron chi connectivity index (χ3n) is 3.68. The molecule has 0 saturated heterocycles. The lowest BCUT2D eigenvalue weighted by Gasteiger charge is -2.22. The van der Waals surface area contributed by atoms with E-state index in [0.29, 0.717) is 22.6 Å². The van der Waals surface area contributed by atoms with E-state index in [1.165, 1.54) is 7.11 Å². The van der Waals surface area contributed by atoms with Gasteiger partial charge in [0, 0.05) is 0 Å². The minimum Gasteiger partial charge on any atom is -0.497 e. The van der Waals surface area contributed by atoms with Crippen molar-refractivity contribution in [1.29, 1.82) is 0 Å². The molecule has 0 unspecified atom stereocenters. The average Bonchev–Trinajstić information content (AvgIpc) is 2.61. The van der Waals surface area contributed by atoms with Crippen molar-refractivity contribution in [3.8, 4) is 11.5 Å². The number of carbonyl (C=O) groups is 1. The summed E-state index contributed by atoms with van der Waals surface area (Å²) >= 11 is 0. The molecule has 122 valence electrons. The zero-order valence-electron chi connectivity index (χ0n) is 13.4. The smallest absolute Gasteiger partial charge is 0.316 e. The van der Waals surface area contributed by atoms with Gasteiger partial charge >= 0.3 is 5.97 Å². The Morgan fingerprint density at radius 3 is 2.13 bits per heavy atom.